The van der Waals surface area contributed by atoms with Gasteiger partial charge in [-0.25, -0.2) is 0 Å². The Kier molecular flexibility index (Phi) is 3.69. The number of hydrogen-bond acceptors (Lipinski definition) is 4. The minimum absolute atomic E-state index is 0.0663. The second-order valence-electron chi connectivity index (χ2n) is 1.87. The van der Waals surface area contributed by atoms with Gasteiger partial charge < -0.3 is 0 Å². The molecule has 4 nitrogen and oxygen atoms in total. The van der Waals surface area contributed by atoms with Crippen molar-refractivity contribution in [2.45, 2.75) is 12.3 Å². The van der Waals surface area contributed by atoms with Crippen molar-refractivity contribution in [2.75, 3.05) is 0 Å². The lowest BCUT2D eigenvalue weighted by Gasteiger charge is -2.18. The highest BCUT2D eigenvalue weighted by Crippen LogP contribution is 2.49. The number of alkyl halides is 5. The Hall–Kier alpha value is 0.0400. The zero-order valence-corrected chi connectivity index (χ0v) is 8.82. The molecule has 0 amide bonds. The van der Waals surface area contributed by atoms with Gasteiger partial charge >= 0.3 is 12.3 Å². The lowest BCUT2D eigenvalue weighted by Crippen LogP contribution is -2.37. The van der Waals surface area contributed by atoms with Gasteiger partial charge in [0.1, 0.15) is 0 Å². The van der Waals surface area contributed by atoms with E-state index >= 15 is 0 Å². The van der Waals surface area contributed by atoms with Crippen LogP contribution in [0.15, 0.2) is 13.5 Å². The smallest absolute Gasteiger partial charge is 0.256 e. The zero-order chi connectivity index (χ0) is 10.8. The Morgan fingerprint density at radius 3 is 2.14 bits per heavy atom. The van der Waals surface area contributed by atoms with Crippen LogP contribution < -0.4 is 0 Å². The summed E-state index contributed by atoms with van der Waals surface area (Å²) in [6, 6.07) is 0. The number of halogens is 5. The fourth-order valence-electron chi connectivity index (χ4n) is 0.368. The summed E-state index contributed by atoms with van der Waals surface area (Å²) in [5.41, 5.74) is 0. The van der Waals surface area contributed by atoms with Gasteiger partial charge in [-0.1, -0.05) is 0 Å². The fourth-order valence-corrected chi connectivity index (χ4v) is 3.35. The highest BCUT2D eigenvalue weighted by atomic mass is 31.2. The molecule has 1 unspecified atom stereocenters. The summed E-state index contributed by atoms with van der Waals surface area (Å²) in [7, 11) is -2.69. The van der Waals surface area contributed by atoms with Gasteiger partial charge in [0.15, 0.2) is 17.0 Å². The molecule has 1 rings (SSSR count). The van der Waals surface area contributed by atoms with E-state index in [0.717, 1.165) is 0 Å². The van der Waals surface area contributed by atoms with Crippen LogP contribution in [-0.4, -0.2) is 12.3 Å². The van der Waals surface area contributed by atoms with Crippen molar-refractivity contribution in [2.24, 2.45) is 13.5 Å². The van der Waals surface area contributed by atoms with Crippen molar-refractivity contribution in [3.63, 3.8) is 0 Å². The topological polar surface area (TPSA) is 46.3 Å². The molecule has 0 saturated heterocycles. The maximum atomic E-state index is 12.2. The van der Waals surface area contributed by atoms with Gasteiger partial charge in [-0.3, -0.25) is 4.52 Å². The Bertz CT molecular complexity index is 310. The molecule has 0 radical (unpaired) electrons. The van der Waals surface area contributed by atoms with E-state index in [1.807, 2.05) is 0 Å². The first-order valence-corrected chi connectivity index (χ1v) is 5.75. The molecule has 1 aliphatic rings. The standard InChI is InChI=1S/C2HF5N3OP3/c3-1(4,5)2(6,7)11-14-9-12-8-13-10-14/h14H. The molecule has 12 heteroatoms. The number of rotatable bonds is 2. The maximum Gasteiger partial charge on any atom is 0.483 e. The summed E-state index contributed by atoms with van der Waals surface area (Å²) < 4.78 is 72.8. The van der Waals surface area contributed by atoms with E-state index in [-0.39, 0.29) is 17.0 Å². The van der Waals surface area contributed by atoms with Crippen LogP contribution >= 0.6 is 25.1 Å². The zero-order valence-electron chi connectivity index (χ0n) is 6.03. The average molecular weight is 271 g/mol. The largest absolute Gasteiger partial charge is 0.483 e. The molecule has 0 aromatic carbocycles. The van der Waals surface area contributed by atoms with Gasteiger partial charge in [-0.05, 0) is 0 Å². The number of hydrogen-bond donors (Lipinski definition) is 0. The summed E-state index contributed by atoms with van der Waals surface area (Å²) in [6.45, 7) is 0. The third-order valence-electron chi connectivity index (χ3n) is 0.890. The van der Waals surface area contributed by atoms with Gasteiger partial charge in [-0.2, -0.15) is 35.5 Å². The highest BCUT2D eigenvalue weighted by molar-refractivity contribution is 7.56. The normalized spacial score (nSPS) is 24.5. The summed E-state index contributed by atoms with van der Waals surface area (Å²) in [5.74, 6) is 0. The van der Waals surface area contributed by atoms with E-state index in [1.54, 1.807) is 0 Å². The molecule has 1 atom stereocenters. The predicted molar refractivity (Wildman–Crippen MR) is 41.5 cm³/mol. The van der Waals surface area contributed by atoms with Crippen molar-refractivity contribution < 1.29 is 26.5 Å². The van der Waals surface area contributed by atoms with Crippen LogP contribution in [-0.2, 0) is 4.52 Å². The Balaban J connectivity index is 2.73. The second kappa shape index (κ2) is 4.27. The summed E-state index contributed by atoms with van der Waals surface area (Å²) in [5, 5.41) is 0. The lowest BCUT2D eigenvalue weighted by molar-refractivity contribution is -0.358. The summed E-state index contributed by atoms with van der Waals surface area (Å²) >= 11 is 0. The molecule has 0 aliphatic carbocycles. The van der Waals surface area contributed by atoms with Gasteiger partial charge in [0.25, 0.3) is 0 Å². The molecule has 80 valence electrons. The number of nitrogens with zero attached hydrogens (tertiary/aromatic N) is 3. The Morgan fingerprint density at radius 1 is 1.07 bits per heavy atom. The molecule has 0 aromatic heterocycles. The van der Waals surface area contributed by atoms with Gasteiger partial charge in [0.05, 0.1) is 0 Å². The van der Waals surface area contributed by atoms with Gasteiger partial charge in [0.2, 0.25) is 8.09 Å². The van der Waals surface area contributed by atoms with Crippen LogP contribution in [0.2, 0.25) is 0 Å². The van der Waals surface area contributed by atoms with E-state index in [4.69, 9.17) is 0 Å². The molecule has 0 spiro atoms. The monoisotopic (exact) mass is 271 g/mol. The molecular weight excluding hydrogens is 270 g/mol. The Morgan fingerprint density at radius 2 is 1.71 bits per heavy atom. The van der Waals surface area contributed by atoms with E-state index in [2.05, 4.69) is 18.1 Å². The van der Waals surface area contributed by atoms with E-state index in [0.29, 0.717) is 0 Å². The fraction of sp³-hybridized carbons (Fsp3) is 1.00. The van der Waals surface area contributed by atoms with Crippen LogP contribution in [0.3, 0.4) is 0 Å². The molecule has 0 saturated carbocycles. The molecule has 14 heavy (non-hydrogen) atoms. The quantitative estimate of drug-likeness (QED) is 0.539. The first-order chi connectivity index (χ1) is 6.33. The minimum atomic E-state index is -5.74. The van der Waals surface area contributed by atoms with Crippen LogP contribution in [0.25, 0.3) is 0 Å². The van der Waals surface area contributed by atoms with Gasteiger partial charge in [0, 0.05) is 0 Å². The SMILES string of the molecule is FC(F)(F)C(F)(F)O[PH]1=NP=NP=N1. The third-order valence-corrected chi connectivity index (χ3v) is 4.05. The molecular formula is C2HF5N3OP3. The average Bonchev–Trinajstić information content (AvgIpc) is 2.03. The molecule has 1 heterocycles. The summed E-state index contributed by atoms with van der Waals surface area (Å²) in [4.78, 5) is 0. The Labute approximate surface area is 78.3 Å². The minimum Gasteiger partial charge on any atom is -0.256 e. The first-order valence-electron chi connectivity index (χ1n) is 2.85. The van der Waals surface area contributed by atoms with Crippen molar-refractivity contribution >= 4 is 25.1 Å². The first kappa shape index (κ1) is 12.1. The second-order valence-corrected chi connectivity index (χ2v) is 5.31. The third kappa shape index (κ3) is 3.02. The van der Waals surface area contributed by atoms with Crippen molar-refractivity contribution in [3.8, 4) is 0 Å². The molecule has 0 N–H and O–H groups in total. The molecule has 0 aromatic rings. The van der Waals surface area contributed by atoms with Crippen molar-refractivity contribution in [1.29, 1.82) is 0 Å². The van der Waals surface area contributed by atoms with Crippen LogP contribution in [0.1, 0.15) is 0 Å². The van der Waals surface area contributed by atoms with Crippen molar-refractivity contribution in [1.82, 2.24) is 0 Å². The van der Waals surface area contributed by atoms with E-state index in [9.17, 15) is 22.0 Å². The van der Waals surface area contributed by atoms with E-state index < -0.39 is 20.4 Å². The lowest BCUT2D eigenvalue weighted by atomic mass is 10.6. The van der Waals surface area contributed by atoms with Crippen LogP contribution in [0, 0.1) is 0 Å². The van der Waals surface area contributed by atoms with Crippen LogP contribution in [0.5, 0.6) is 0 Å². The van der Waals surface area contributed by atoms with Crippen LogP contribution in [0.4, 0.5) is 22.0 Å². The van der Waals surface area contributed by atoms with Gasteiger partial charge in [-0.15, -0.1) is 0 Å². The maximum absolute atomic E-state index is 12.2. The molecule has 0 bridgehead atoms. The molecule has 0 fully saturated rings. The predicted octanol–water partition coefficient (Wildman–Crippen LogP) is 4.49. The summed E-state index contributed by atoms with van der Waals surface area (Å²) in [6.07, 6.45) is -10.9. The van der Waals surface area contributed by atoms with E-state index in [1.165, 1.54) is 0 Å². The molecule has 1 aliphatic heterocycles. The van der Waals surface area contributed by atoms with Crippen molar-refractivity contribution in [3.05, 3.63) is 0 Å². The highest BCUT2D eigenvalue weighted by Gasteiger charge is 2.60.